The molecule has 1 aromatic rings. The number of morpholine rings is 1. The van der Waals surface area contributed by atoms with E-state index in [-0.39, 0.29) is 18.8 Å². The number of aliphatic hydroxyl groups is 2. The molecule has 0 amide bonds. The molecule has 2 unspecified atom stereocenters. The molecule has 0 aliphatic carbocycles. The first-order valence-electron chi connectivity index (χ1n) is 6.50. The fourth-order valence-electron chi connectivity index (χ4n) is 2.56. The standard InChI is InChI=1S/C14H20FNO3/c1-9-6-16(7-11(8-17)19-9)13-5-3-4-12(15)14(13)10(2)18/h3-5,9-11,17-18H,6-8H2,1-2H3/t9?,10-,11?/m1/s1. The van der Waals surface area contributed by atoms with Gasteiger partial charge in [-0.05, 0) is 26.0 Å². The molecule has 4 nitrogen and oxygen atoms in total. The molecule has 1 aromatic carbocycles. The number of halogens is 1. The first-order valence-corrected chi connectivity index (χ1v) is 6.50. The minimum absolute atomic E-state index is 0.0454. The van der Waals surface area contributed by atoms with Crippen molar-refractivity contribution in [2.75, 3.05) is 24.6 Å². The Hall–Kier alpha value is -1.17. The summed E-state index contributed by atoms with van der Waals surface area (Å²) in [5.41, 5.74) is 0.969. The topological polar surface area (TPSA) is 52.9 Å². The largest absolute Gasteiger partial charge is 0.394 e. The molecule has 19 heavy (non-hydrogen) atoms. The Kier molecular flexibility index (Phi) is 4.39. The van der Waals surface area contributed by atoms with Crippen molar-refractivity contribution in [3.8, 4) is 0 Å². The molecular formula is C14H20FNO3. The van der Waals surface area contributed by atoms with Crippen LogP contribution in [0.15, 0.2) is 18.2 Å². The molecule has 1 saturated heterocycles. The van der Waals surface area contributed by atoms with Gasteiger partial charge in [0.25, 0.3) is 0 Å². The van der Waals surface area contributed by atoms with Crippen LogP contribution < -0.4 is 4.90 Å². The summed E-state index contributed by atoms with van der Waals surface area (Å²) >= 11 is 0. The molecule has 0 aromatic heterocycles. The number of benzene rings is 1. The van der Waals surface area contributed by atoms with Crippen molar-refractivity contribution in [1.82, 2.24) is 0 Å². The molecule has 5 heteroatoms. The highest BCUT2D eigenvalue weighted by Gasteiger charge is 2.27. The lowest BCUT2D eigenvalue weighted by molar-refractivity contribution is -0.0422. The molecule has 1 fully saturated rings. The number of nitrogens with zero attached hydrogens (tertiary/aromatic N) is 1. The Labute approximate surface area is 112 Å². The molecule has 0 spiro atoms. The molecule has 0 radical (unpaired) electrons. The quantitative estimate of drug-likeness (QED) is 0.872. The third kappa shape index (κ3) is 3.05. The summed E-state index contributed by atoms with van der Waals surface area (Å²) in [4.78, 5) is 1.96. The van der Waals surface area contributed by atoms with Gasteiger partial charge in [0.1, 0.15) is 5.82 Å². The van der Waals surface area contributed by atoms with Gasteiger partial charge in [-0.15, -0.1) is 0 Å². The first-order chi connectivity index (χ1) is 9.02. The van der Waals surface area contributed by atoms with Crippen molar-refractivity contribution < 1.29 is 19.3 Å². The van der Waals surface area contributed by atoms with Gasteiger partial charge in [0.2, 0.25) is 0 Å². The maximum atomic E-state index is 13.9. The van der Waals surface area contributed by atoms with E-state index in [2.05, 4.69) is 0 Å². The van der Waals surface area contributed by atoms with Crippen LogP contribution in [0.5, 0.6) is 0 Å². The van der Waals surface area contributed by atoms with E-state index in [0.29, 0.717) is 24.3 Å². The van der Waals surface area contributed by atoms with Crippen LogP contribution >= 0.6 is 0 Å². The van der Waals surface area contributed by atoms with Crippen molar-refractivity contribution in [2.24, 2.45) is 0 Å². The van der Waals surface area contributed by atoms with E-state index in [1.165, 1.54) is 6.07 Å². The molecule has 2 N–H and O–H groups in total. The number of aliphatic hydroxyl groups excluding tert-OH is 2. The Morgan fingerprint density at radius 3 is 2.84 bits per heavy atom. The van der Waals surface area contributed by atoms with Gasteiger partial charge in [-0.1, -0.05) is 6.07 Å². The van der Waals surface area contributed by atoms with Crippen LogP contribution in [0.4, 0.5) is 10.1 Å². The van der Waals surface area contributed by atoms with Gasteiger partial charge >= 0.3 is 0 Å². The highest BCUT2D eigenvalue weighted by Crippen LogP contribution is 2.30. The predicted octanol–water partition coefficient (Wildman–Crippen LogP) is 1.46. The normalized spacial score (nSPS) is 25.4. The number of hydrogen-bond donors (Lipinski definition) is 2. The van der Waals surface area contributed by atoms with Gasteiger partial charge in [0.15, 0.2) is 0 Å². The lowest BCUT2D eigenvalue weighted by Crippen LogP contribution is -2.48. The zero-order valence-electron chi connectivity index (χ0n) is 11.2. The van der Waals surface area contributed by atoms with Crippen molar-refractivity contribution in [1.29, 1.82) is 0 Å². The predicted molar refractivity (Wildman–Crippen MR) is 70.7 cm³/mol. The number of anilines is 1. The Bertz CT molecular complexity index is 439. The lowest BCUT2D eigenvalue weighted by atomic mass is 10.0. The minimum atomic E-state index is -0.873. The van der Waals surface area contributed by atoms with Gasteiger partial charge in [-0.3, -0.25) is 0 Å². The van der Waals surface area contributed by atoms with Gasteiger partial charge in [-0.25, -0.2) is 4.39 Å². The van der Waals surface area contributed by atoms with Crippen molar-refractivity contribution in [2.45, 2.75) is 32.2 Å². The maximum absolute atomic E-state index is 13.9. The summed E-state index contributed by atoms with van der Waals surface area (Å²) in [6, 6.07) is 4.77. The molecular weight excluding hydrogens is 249 g/mol. The summed E-state index contributed by atoms with van der Waals surface area (Å²) in [6.45, 7) is 4.50. The van der Waals surface area contributed by atoms with Crippen LogP contribution in [0, 0.1) is 5.82 Å². The van der Waals surface area contributed by atoms with Crippen molar-refractivity contribution in [3.05, 3.63) is 29.6 Å². The third-order valence-corrected chi connectivity index (χ3v) is 3.32. The zero-order chi connectivity index (χ0) is 14.0. The summed E-state index contributed by atoms with van der Waals surface area (Å²) < 4.78 is 19.4. The van der Waals surface area contributed by atoms with E-state index < -0.39 is 11.9 Å². The van der Waals surface area contributed by atoms with Crippen LogP contribution in [0.25, 0.3) is 0 Å². The summed E-state index contributed by atoms with van der Waals surface area (Å²) in [7, 11) is 0. The van der Waals surface area contributed by atoms with Gasteiger partial charge in [-0.2, -0.15) is 0 Å². The molecule has 1 aliphatic rings. The highest BCUT2D eigenvalue weighted by atomic mass is 19.1. The fraction of sp³-hybridized carbons (Fsp3) is 0.571. The Morgan fingerprint density at radius 2 is 2.21 bits per heavy atom. The van der Waals surface area contributed by atoms with E-state index in [4.69, 9.17) is 4.74 Å². The fourth-order valence-corrected chi connectivity index (χ4v) is 2.56. The van der Waals surface area contributed by atoms with Crippen LogP contribution in [-0.4, -0.2) is 42.1 Å². The Balaban J connectivity index is 2.33. The second-order valence-corrected chi connectivity index (χ2v) is 5.00. The van der Waals surface area contributed by atoms with Crippen molar-refractivity contribution in [3.63, 3.8) is 0 Å². The maximum Gasteiger partial charge on any atom is 0.131 e. The minimum Gasteiger partial charge on any atom is -0.394 e. The van der Waals surface area contributed by atoms with Crippen LogP contribution in [-0.2, 0) is 4.74 Å². The van der Waals surface area contributed by atoms with E-state index >= 15 is 0 Å². The van der Waals surface area contributed by atoms with Gasteiger partial charge in [0, 0.05) is 24.3 Å². The second-order valence-electron chi connectivity index (χ2n) is 5.00. The lowest BCUT2D eigenvalue weighted by Gasteiger charge is -2.38. The number of ether oxygens (including phenoxy) is 1. The SMILES string of the molecule is CC1CN(c2cccc(F)c2[C@@H](C)O)CC(CO)O1. The smallest absolute Gasteiger partial charge is 0.131 e. The second kappa shape index (κ2) is 5.86. The molecule has 0 saturated carbocycles. The third-order valence-electron chi connectivity index (χ3n) is 3.32. The summed E-state index contributed by atoms with van der Waals surface area (Å²) in [6.07, 6.45) is -1.20. The van der Waals surface area contributed by atoms with E-state index in [9.17, 15) is 14.6 Å². The first kappa shape index (κ1) is 14.2. The summed E-state index contributed by atoms with van der Waals surface area (Å²) in [5.74, 6) is -0.410. The van der Waals surface area contributed by atoms with E-state index in [1.807, 2.05) is 11.8 Å². The average Bonchev–Trinajstić information content (AvgIpc) is 2.37. The van der Waals surface area contributed by atoms with E-state index in [0.717, 1.165) is 0 Å². The number of rotatable bonds is 3. The average molecular weight is 269 g/mol. The van der Waals surface area contributed by atoms with Crippen LogP contribution in [0.3, 0.4) is 0 Å². The zero-order valence-corrected chi connectivity index (χ0v) is 11.2. The van der Waals surface area contributed by atoms with Crippen molar-refractivity contribution >= 4 is 5.69 Å². The van der Waals surface area contributed by atoms with E-state index in [1.54, 1.807) is 19.1 Å². The molecule has 2 rings (SSSR count). The highest BCUT2D eigenvalue weighted by molar-refractivity contribution is 5.55. The van der Waals surface area contributed by atoms with Gasteiger partial charge < -0.3 is 19.8 Å². The van der Waals surface area contributed by atoms with Crippen LogP contribution in [0.1, 0.15) is 25.5 Å². The summed E-state index contributed by atoms with van der Waals surface area (Å²) in [5, 5.41) is 19.0. The molecule has 3 atom stereocenters. The molecule has 106 valence electrons. The molecule has 0 bridgehead atoms. The molecule has 1 aliphatic heterocycles. The Morgan fingerprint density at radius 1 is 1.47 bits per heavy atom. The molecule has 1 heterocycles. The van der Waals surface area contributed by atoms with Gasteiger partial charge in [0.05, 0.1) is 24.9 Å². The monoisotopic (exact) mass is 269 g/mol. The van der Waals surface area contributed by atoms with Crippen LogP contribution in [0.2, 0.25) is 0 Å². The number of hydrogen-bond acceptors (Lipinski definition) is 4.